The van der Waals surface area contributed by atoms with E-state index in [1.807, 2.05) is 0 Å². The van der Waals surface area contributed by atoms with E-state index in [2.05, 4.69) is 10.2 Å². The highest BCUT2D eigenvalue weighted by atomic mass is 16.3. The van der Waals surface area contributed by atoms with Crippen molar-refractivity contribution in [2.24, 2.45) is 5.73 Å². The molecule has 0 aromatic heterocycles. The lowest BCUT2D eigenvalue weighted by molar-refractivity contribution is -0.123. The SMILES string of the molecule is NC(CO)C(=O)NCCCCCCN1CCCCC1. The zero-order valence-corrected chi connectivity index (χ0v) is 11.9. The Balaban J connectivity index is 1.87. The molecule has 5 nitrogen and oxygen atoms in total. The third kappa shape index (κ3) is 7.50. The molecule has 1 amide bonds. The van der Waals surface area contributed by atoms with Crippen molar-refractivity contribution >= 4 is 5.91 Å². The molecule has 0 aliphatic carbocycles. The fourth-order valence-electron chi connectivity index (χ4n) is 2.42. The fourth-order valence-corrected chi connectivity index (χ4v) is 2.42. The van der Waals surface area contributed by atoms with Gasteiger partial charge in [-0.3, -0.25) is 4.79 Å². The summed E-state index contributed by atoms with van der Waals surface area (Å²) in [6.07, 6.45) is 8.72. The molecule has 0 spiro atoms. The second-order valence-electron chi connectivity index (χ2n) is 5.40. The zero-order chi connectivity index (χ0) is 13.9. The number of likely N-dealkylation sites (tertiary alicyclic amines) is 1. The van der Waals surface area contributed by atoms with Crippen molar-refractivity contribution in [2.75, 3.05) is 32.8 Å². The van der Waals surface area contributed by atoms with Crippen LogP contribution < -0.4 is 11.1 Å². The van der Waals surface area contributed by atoms with E-state index in [0.29, 0.717) is 6.54 Å². The Hall–Kier alpha value is -0.650. The predicted octanol–water partition coefficient (Wildman–Crippen LogP) is 0.468. The highest BCUT2D eigenvalue weighted by Crippen LogP contribution is 2.10. The van der Waals surface area contributed by atoms with E-state index in [4.69, 9.17) is 10.8 Å². The van der Waals surface area contributed by atoms with E-state index in [1.54, 1.807) is 0 Å². The molecule has 19 heavy (non-hydrogen) atoms. The number of carbonyl (C=O) groups excluding carboxylic acids is 1. The van der Waals surface area contributed by atoms with E-state index in [-0.39, 0.29) is 12.5 Å². The summed E-state index contributed by atoms with van der Waals surface area (Å²) in [5.41, 5.74) is 5.39. The molecule has 0 radical (unpaired) electrons. The van der Waals surface area contributed by atoms with Crippen LogP contribution in [0.1, 0.15) is 44.9 Å². The van der Waals surface area contributed by atoms with Gasteiger partial charge in [0, 0.05) is 6.54 Å². The molecule has 1 rings (SSSR count). The van der Waals surface area contributed by atoms with Crippen LogP contribution in [0.25, 0.3) is 0 Å². The number of carbonyl (C=O) groups is 1. The number of hydrogen-bond donors (Lipinski definition) is 3. The zero-order valence-electron chi connectivity index (χ0n) is 11.9. The molecule has 5 heteroatoms. The Bertz CT molecular complexity index is 243. The maximum atomic E-state index is 11.3. The summed E-state index contributed by atoms with van der Waals surface area (Å²) in [4.78, 5) is 13.8. The van der Waals surface area contributed by atoms with Crippen molar-refractivity contribution in [1.29, 1.82) is 0 Å². The van der Waals surface area contributed by atoms with Crippen LogP contribution in [0.15, 0.2) is 0 Å². The second kappa shape index (κ2) is 10.2. The van der Waals surface area contributed by atoms with E-state index in [9.17, 15) is 4.79 Å². The van der Waals surface area contributed by atoms with E-state index >= 15 is 0 Å². The number of hydrogen-bond acceptors (Lipinski definition) is 4. The predicted molar refractivity (Wildman–Crippen MR) is 76.8 cm³/mol. The van der Waals surface area contributed by atoms with Gasteiger partial charge in [0.05, 0.1) is 6.61 Å². The number of unbranched alkanes of at least 4 members (excludes halogenated alkanes) is 3. The monoisotopic (exact) mass is 271 g/mol. The maximum absolute atomic E-state index is 11.3. The molecule has 112 valence electrons. The lowest BCUT2D eigenvalue weighted by Gasteiger charge is -2.26. The molecule has 1 saturated heterocycles. The second-order valence-corrected chi connectivity index (χ2v) is 5.40. The van der Waals surface area contributed by atoms with Crippen molar-refractivity contribution < 1.29 is 9.90 Å². The lowest BCUT2D eigenvalue weighted by Crippen LogP contribution is -2.43. The molecular weight excluding hydrogens is 242 g/mol. The summed E-state index contributed by atoms with van der Waals surface area (Å²) in [5.74, 6) is -0.254. The first-order valence-electron chi connectivity index (χ1n) is 7.60. The first kappa shape index (κ1) is 16.4. The minimum atomic E-state index is -0.779. The Labute approximate surface area is 116 Å². The van der Waals surface area contributed by atoms with Crippen LogP contribution >= 0.6 is 0 Å². The maximum Gasteiger partial charge on any atom is 0.239 e. The number of piperidine rings is 1. The number of aliphatic hydroxyl groups excluding tert-OH is 1. The number of rotatable bonds is 9. The van der Waals surface area contributed by atoms with Gasteiger partial charge in [-0.2, -0.15) is 0 Å². The van der Waals surface area contributed by atoms with Gasteiger partial charge in [-0.1, -0.05) is 19.3 Å². The number of nitrogens with one attached hydrogen (secondary N) is 1. The molecule has 4 N–H and O–H groups in total. The van der Waals surface area contributed by atoms with Gasteiger partial charge in [0.2, 0.25) is 5.91 Å². The Morgan fingerprint density at radius 2 is 1.84 bits per heavy atom. The lowest BCUT2D eigenvalue weighted by atomic mass is 10.1. The first-order valence-corrected chi connectivity index (χ1v) is 7.60. The molecule has 1 atom stereocenters. The molecule has 1 fully saturated rings. The fraction of sp³-hybridized carbons (Fsp3) is 0.929. The van der Waals surface area contributed by atoms with Crippen molar-refractivity contribution in [3.8, 4) is 0 Å². The standard InChI is InChI=1S/C14H29N3O2/c15-13(12-18)14(19)16-8-4-1-2-5-9-17-10-6-3-7-11-17/h13,18H,1-12,15H2,(H,16,19). The van der Waals surface area contributed by atoms with Crippen molar-refractivity contribution in [1.82, 2.24) is 10.2 Å². The van der Waals surface area contributed by atoms with Gasteiger partial charge in [-0.05, 0) is 45.3 Å². The quantitative estimate of drug-likeness (QED) is 0.533. The van der Waals surface area contributed by atoms with Crippen molar-refractivity contribution in [3.05, 3.63) is 0 Å². The Morgan fingerprint density at radius 1 is 1.16 bits per heavy atom. The smallest absolute Gasteiger partial charge is 0.239 e. The molecule has 1 aliphatic rings. The van der Waals surface area contributed by atoms with Gasteiger partial charge in [0.25, 0.3) is 0 Å². The molecule has 0 saturated carbocycles. The van der Waals surface area contributed by atoms with Gasteiger partial charge in [-0.25, -0.2) is 0 Å². The number of nitrogens with zero attached hydrogens (tertiary/aromatic N) is 1. The third-order valence-electron chi connectivity index (χ3n) is 3.68. The average molecular weight is 271 g/mol. The third-order valence-corrected chi connectivity index (χ3v) is 3.68. The van der Waals surface area contributed by atoms with Crippen LogP contribution in [0.5, 0.6) is 0 Å². The molecule has 0 aromatic carbocycles. The molecule has 1 unspecified atom stereocenters. The molecule has 0 bridgehead atoms. The van der Waals surface area contributed by atoms with Gasteiger partial charge in [0.1, 0.15) is 6.04 Å². The Kier molecular flexibility index (Phi) is 8.79. The van der Waals surface area contributed by atoms with E-state index in [1.165, 1.54) is 51.7 Å². The summed E-state index contributed by atoms with van der Waals surface area (Å²) in [6.45, 7) is 4.14. The van der Waals surface area contributed by atoms with Crippen LogP contribution in [-0.4, -0.2) is 54.7 Å². The highest BCUT2D eigenvalue weighted by Gasteiger charge is 2.10. The van der Waals surface area contributed by atoms with Crippen molar-refractivity contribution in [3.63, 3.8) is 0 Å². The molecule has 1 aliphatic heterocycles. The van der Waals surface area contributed by atoms with Crippen LogP contribution in [0.2, 0.25) is 0 Å². The molecular formula is C14H29N3O2. The normalized spacial score (nSPS) is 18.2. The van der Waals surface area contributed by atoms with Crippen LogP contribution in [0.3, 0.4) is 0 Å². The minimum Gasteiger partial charge on any atom is -0.394 e. The molecule has 0 aromatic rings. The average Bonchev–Trinajstić information content (AvgIpc) is 2.46. The number of aliphatic hydroxyl groups is 1. The van der Waals surface area contributed by atoms with Crippen LogP contribution in [-0.2, 0) is 4.79 Å². The van der Waals surface area contributed by atoms with Gasteiger partial charge < -0.3 is 21.1 Å². The summed E-state index contributed by atoms with van der Waals surface area (Å²) >= 11 is 0. The summed E-state index contributed by atoms with van der Waals surface area (Å²) in [7, 11) is 0. The Morgan fingerprint density at radius 3 is 2.53 bits per heavy atom. The number of amides is 1. The van der Waals surface area contributed by atoms with Crippen LogP contribution in [0, 0.1) is 0 Å². The van der Waals surface area contributed by atoms with Gasteiger partial charge in [-0.15, -0.1) is 0 Å². The van der Waals surface area contributed by atoms with Gasteiger partial charge in [0.15, 0.2) is 0 Å². The number of nitrogens with two attached hydrogens (primary N) is 1. The van der Waals surface area contributed by atoms with Gasteiger partial charge >= 0.3 is 0 Å². The first-order chi connectivity index (χ1) is 9.24. The van der Waals surface area contributed by atoms with E-state index in [0.717, 1.165) is 12.8 Å². The van der Waals surface area contributed by atoms with E-state index < -0.39 is 6.04 Å². The van der Waals surface area contributed by atoms with Crippen LogP contribution in [0.4, 0.5) is 0 Å². The summed E-state index contributed by atoms with van der Waals surface area (Å²) in [6, 6.07) is -0.779. The topological polar surface area (TPSA) is 78.6 Å². The summed E-state index contributed by atoms with van der Waals surface area (Å²) in [5, 5.41) is 11.5. The highest BCUT2D eigenvalue weighted by molar-refractivity contribution is 5.81. The van der Waals surface area contributed by atoms with Crippen molar-refractivity contribution in [2.45, 2.75) is 51.0 Å². The molecule has 1 heterocycles. The largest absolute Gasteiger partial charge is 0.394 e. The minimum absolute atomic E-state index is 0.254. The summed E-state index contributed by atoms with van der Waals surface area (Å²) < 4.78 is 0.